The van der Waals surface area contributed by atoms with E-state index in [0.717, 1.165) is 5.56 Å². The average molecular weight is 406 g/mol. The normalized spacial score (nSPS) is 9.45. The maximum Gasteiger partial charge on any atom is 0.169 e. The van der Waals surface area contributed by atoms with Crippen molar-refractivity contribution in [1.29, 1.82) is 21.0 Å². The van der Waals surface area contributed by atoms with Crippen LogP contribution in [0.4, 0.5) is 0 Å². The van der Waals surface area contributed by atoms with E-state index in [1.807, 2.05) is 24.3 Å². The molecule has 0 amide bonds. The van der Waals surface area contributed by atoms with E-state index < -0.39 is 0 Å². The fourth-order valence-electron chi connectivity index (χ4n) is 2.76. The number of nitrogens with zero attached hydrogens (tertiary/aromatic N) is 4. The third-order valence-corrected chi connectivity index (χ3v) is 4.33. The van der Waals surface area contributed by atoms with Crippen LogP contribution in [-0.4, -0.2) is 7.11 Å². The van der Waals surface area contributed by atoms with Crippen LogP contribution in [0.15, 0.2) is 54.6 Å². The zero-order valence-electron chi connectivity index (χ0n) is 16.4. The van der Waals surface area contributed by atoms with Crippen molar-refractivity contribution in [3.63, 3.8) is 0 Å². The highest BCUT2D eigenvalue weighted by Gasteiger charge is 2.10. The average Bonchev–Trinajstić information content (AvgIpc) is 2.82. The number of nitriles is 4. The topological polar surface area (TPSA) is 123 Å². The second-order valence-corrected chi connectivity index (χ2v) is 6.24. The Kier molecular flexibility index (Phi) is 6.35. The van der Waals surface area contributed by atoms with Gasteiger partial charge in [0.1, 0.15) is 42.4 Å². The van der Waals surface area contributed by atoms with Crippen molar-refractivity contribution in [1.82, 2.24) is 0 Å². The fourth-order valence-corrected chi connectivity index (χ4v) is 2.76. The summed E-state index contributed by atoms with van der Waals surface area (Å²) in [5.41, 5.74) is 1.84. The summed E-state index contributed by atoms with van der Waals surface area (Å²) in [5.74, 6) is 1.77. The van der Waals surface area contributed by atoms with E-state index in [4.69, 9.17) is 35.3 Å². The van der Waals surface area contributed by atoms with E-state index in [0.29, 0.717) is 28.6 Å². The molecule has 3 aromatic rings. The molecule has 0 fully saturated rings. The summed E-state index contributed by atoms with van der Waals surface area (Å²) in [6, 6.07) is 22.4. The minimum absolute atomic E-state index is 0.211. The van der Waals surface area contributed by atoms with Crippen molar-refractivity contribution < 1.29 is 14.2 Å². The smallest absolute Gasteiger partial charge is 0.169 e. The maximum absolute atomic E-state index is 9.16. The molecule has 148 valence electrons. The van der Waals surface area contributed by atoms with Gasteiger partial charge in [-0.2, -0.15) is 21.0 Å². The van der Waals surface area contributed by atoms with Gasteiger partial charge in [-0.3, -0.25) is 0 Å². The van der Waals surface area contributed by atoms with Crippen LogP contribution < -0.4 is 14.2 Å². The molecule has 0 aliphatic rings. The first-order valence-electron chi connectivity index (χ1n) is 8.98. The van der Waals surface area contributed by atoms with E-state index in [2.05, 4.69) is 0 Å². The van der Waals surface area contributed by atoms with Crippen LogP contribution in [0.2, 0.25) is 0 Å². The highest BCUT2D eigenvalue weighted by atomic mass is 16.5. The van der Waals surface area contributed by atoms with Crippen LogP contribution in [0, 0.1) is 45.3 Å². The molecule has 3 rings (SSSR count). The zero-order chi connectivity index (χ0) is 22.2. The Morgan fingerprint density at radius 2 is 1.23 bits per heavy atom. The third-order valence-electron chi connectivity index (χ3n) is 4.33. The summed E-state index contributed by atoms with van der Waals surface area (Å²) in [7, 11) is 1.51. The van der Waals surface area contributed by atoms with Crippen molar-refractivity contribution in [3.8, 4) is 47.3 Å². The molecule has 0 saturated carbocycles. The number of ether oxygens (including phenoxy) is 3. The van der Waals surface area contributed by atoms with Crippen LogP contribution in [0.5, 0.6) is 23.0 Å². The second kappa shape index (κ2) is 9.48. The Morgan fingerprint density at radius 3 is 1.81 bits per heavy atom. The first kappa shape index (κ1) is 20.7. The predicted octanol–water partition coefficient (Wildman–Crippen LogP) is 4.55. The number of benzene rings is 3. The fraction of sp³-hybridized carbons (Fsp3) is 0.0833. The quantitative estimate of drug-likeness (QED) is 0.588. The van der Waals surface area contributed by atoms with Gasteiger partial charge < -0.3 is 14.2 Å². The molecule has 3 aromatic carbocycles. The van der Waals surface area contributed by atoms with Crippen molar-refractivity contribution in [3.05, 3.63) is 82.4 Å². The van der Waals surface area contributed by atoms with Crippen LogP contribution in [0.3, 0.4) is 0 Å². The van der Waals surface area contributed by atoms with Gasteiger partial charge in [-0.05, 0) is 54.1 Å². The van der Waals surface area contributed by atoms with E-state index in [9.17, 15) is 0 Å². The molecule has 0 aliphatic heterocycles. The van der Waals surface area contributed by atoms with Crippen molar-refractivity contribution in [2.45, 2.75) is 6.61 Å². The van der Waals surface area contributed by atoms with Gasteiger partial charge in [-0.25, -0.2) is 0 Å². The van der Waals surface area contributed by atoms with Crippen LogP contribution in [0.1, 0.15) is 27.8 Å². The van der Waals surface area contributed by atoms with E-state index in [-0.39, 0.29) is 23.3 Å². The molecular formula is C24H14N4O3. The molecule has 0 heterocycles. The molecule has 0 aromatic heterocycles. The lowest BCUT2D eigenvalue weighted by atomic mass is 10.1. The van der Waals surface area contributed by atoms with Crippen LogP contribution in [0.25, 0.3) is 0 Å². The Labute approximate surface area is 179 Å². The Balaban J connectivity index is 1.76. The van der Waals surface area contributed by atoms with Crippen molar-refractivity contribution in [2.75, 3.05) is 7.11 Å². The summed E-state index contributed by atoms with van der Waals surface area (Å²) in [4.78, 5) is 0. The van der Waals surface area contributed by atoms with E-state index in [1.165, 1.54) is 25.3 Å². The largest absolute Gasteiger partial charge is 0.493 e. The SMILES string of the molecule is COc1cc(COc2ccc(C#N)c(C#N)c2)ccc1Oc1ccc(C#N)c(C#N)c1. The molecule has 0 radical (unpaired) electrons. The van der Waals surface area contributed by atoms with Gasteiger partial charge in [0.05, 0.1) is 29.4 Å². The summed E-state index contributed by atoms with van der Waals surface area (Å²) in [5, 5.41) is 36.3. The number of rotatable bonds is 6. The summed E-state index contributed by atoms with van der Waals surface area (Å²) >= 11 is 0. The maximum atomic E-state index is 9.16. The Hall–Kier alpha value is -4.98. The van der Waals surface area contributed by atoms with Gasteiger partial charge in [0.15, 0.2) is 11.5 Å². The predicted molar refractivity (Wildman–Crippen MR) is 109 cm³/mol. The molecule has 7 nitrogen and oxygen atoms in total. The Bertz CT molecular complexity index is 1300. The highest BCUT2D eigenvalue weighted by molar-refractivity contribution is 5.52. The summed E-state index contributed by atoms with van der Waals surface area (Å²) < 4.78 is 16.9. The molecule has 0 bridgehead atoms. The number of hydrogen-bond acceptors (Lipinski definition) is 7. The minimum Gasteiger partial charge on any atom is -0.493 e. The molecule has 0 N–H and O–H groups in total. The zero-order valence-corrected chi connectivity index (χ0v) is 16.4. The molecule has 0 aliphatic carbocycles. The molecule has 31 heavy (non-hydrogen) atoms. The van der Waals surface area contributed by atoms with Crippen LogP contribution in [-0.2, 0) is 6.61 Å². The van der Waals surface area contributed by atoms with Gasteiger partial charge in [0, 0.05) is 0 Å². The lowest BCUT2D eigenvalue weighted by Gasteiger charge is -2.13. The monoisotopic (exact) mass is 406 g/mol. The molecule has 0 saturated heterocycles. The summed E-state index contributed by atoms with van der Waals surface area (Å²) in [6.45, 7) is 0.211. The molecule has 0 atom stereocenters. The molecule has 0 spiro atoms. The minimum atomic E-state index is 0.211. The standard InChI is InChI=1S/C24H14N4O3/c1-29-24-8-16(15-30-21-5-3-17(11-25)19(9-21)13-27)2-7-23(24)31-22-6-4-18(12-26)20(10-22)14-28/h2-10H,15H2,1H3. The van der Waals surface area contributed by atoms with Gasteiger partial charge in [0.2, 0.25) is 0 Å². The van der Waals surface area contributed by atoms with Crippen molar-refractivity contribution in [2.24, 2.45) is 0 Å². The van der Waals surface area contributed by atoms with E-state index in [1.54, 1.807) is 36.4 Å². The van der Waals surface area contributed by atoms with Gasteiger partial charge >= 0.3 is 0 Å². The first-order valence-corrected chi connectivity index (χ1v) is 8.98. The van der Waals surface area contributed by atoms with Gasteiger partial charge in [0.25, 0.3) is 0 Å². The van der Waals surface area contributed by atoms with E-state index >= 15 is 0 Å². The second-order valence-electron chi connectivity index (χ2n) is 6.24. The Morgan fingerprint density at radius 1 is 0.645 bits per heavy atom. The number of hydrogen-bond donors (Lipinski definition) is 0. The van der Waals surface area contributed by atoms with Crippen LogP contribution >= 0.6 is 0 Å². The van der Waals surface area contributed by atoms with Crippen molar-refractivity contribution >= 4 is 0 Å². The number of methoxy groups -OCH3 is 1. The lowest BCUT2D eigenvalue weighted by molar-refractivity contribution is 0.304. The molecule has 0 unspecified atom stereocenters. The third kappa shape index (κ3) is 4.72. The highest BCUT2D eigenvalue weighted by Crippen LogP contribution is 2.33. The van der Waals surface area contributed by atoms with Gasteiger partial charge in [-0.15, -0.1) is 0 Å². The summed E-state index contributed by atoms with van der Waals surface area (Å²) in [6.07, 6.45) is 0. The van der Waals surface area contributed by atoms with Gasteiger partial charge in [-0.1, -0.05) is 6.07 Å². The lowest BCUT2D eigenvalue weighted by Crippen LogP contribution is -1.98. The first-order chi connectivity index (χ1) is 15.1. The molecular weight excluding hydrogens is 392 g/mol. The molecule has 7 heteroatoms.